The normalized spacial score (nSPS) is 16.0. The van der Waals surface area contributed by atoms with Crippen LogP contribution in [0.4, 0.5) is 4.39 Å². The molecular formula is C33H44FN2O3P. The van der Waals surface area contributed by atoms with E-state index in [0.29, 0.717) is 49.0 Å². The van der Waals surface area contributed by atoms with Crippen LogP contribution in [0.25, 0.3) is 11.1 Å². The lowest BCUT2D eigenvalue weighted by molar-refractivity contribution is 0.166. The van der Waals surface area contributed by atoms with Crippen molar-refractivity contribution >= 4 is 7.37 Å². The lowest BCUT2D eigenvalue weighted by Gasteiger charge is -2.31. The molecule has 40 heavy (non-hydrogen) atoms. The van der Waals surface area contributed by atoms with Gasteiger partial charge in [0, 0.05) is 42.2 Å². The molecule has 0 saturated heterocycles. The summed E-state index contributed by atoms with van der Waals surface area (Å²) in [6.45, 7) is 13.5. The third kappa shape index (κ3) is 7.81. The summed E-state index contributed by atoms with van der Waals surface area (Å²) in [7, 11) is -3.13. The van der Waals surface area contributed by atoms with Crippen molar-refractivity contribution < 1.29 is 18.6 Å². The quantitative estimate of drug-likeness (QED) is 0.211. The molecule has 4 rings (SSSR count). The van der Waals surface area contributed by atoms with Crippen molar-refractivity contribution in [3.63, 3.8) is 0 Å². The molecular weight excluding hydrogens is 522 g/mol. The van der Waals surface area contributed by atoms with Gasteiger partial charge in [-0.1, -0.05) is 37.3 Å². The Morgan fingerprint density at radius 2 is 1.80 bits per heavy atom. The summed E-state index contributed by atoms with van der Waals surface area (Å²) in [6.07, 6.45) is 4.15. The number of hydrogen-bond acceptors (Lipinski definition) is 4. The van der Waals surface area contributed by atoms with Gasteiger partial charge in [0.05, 0.1) is 6.20 Å². The molecule has 1 aliphatic carbocycles. The van der Waals surface area contributed by atoms with Crippen molar-refractivity contribution in [2.75, 3.05) is 12.3 Å². The number of pyridine rings is 1. The Labute approximate surface area is 239 Å². The molecule has 2 aromatic carbocycles. The van der Waals surface area contributed by atoms with Crippen molar-refractivity contribution in [1.82, 2.24) is 9.88 Å². The van der Waals surface area contributed by atoms with E-state index in [1.165, 1.54) is 6.20 Å². The molecule has 2 unspecified atom stereocenters. The molecule has 0 spiro atoms. The largest absolute Gasteiger partial charge is 0.489 e. The van der Waals surface area contributed by atoms with Crippen LogP contribution in [0.5, 0.6) is 5.75 Å². The highest BCUT2D eigenvalue weighted by atomic mass is 31.2. The predicted molar refractivity (Wildman–Crippen MR) is 162 cm³/mol. The first kappa shape index (κ1) is 30.4. The molecule has 0 amide bonds. The lowest BCUT2D eigenvalue weighted by atomic mass is 9.96. The number of aryl methyl sites for hydroxylation is 1. The summed E-state index contributed by atoms with van der Waals surface area (Å²) in [6, 6.07) is 16.6. The SMILES string of the molecule is CCP(=O)(O)CC(c1cccc(OCc2ccc(-c3cc(C)ncc3F)c(CN(C(C)C)C(C)C)c2)c1)C1CC1. The minimum absolute atomic E-state index is 0.0852. The standard InChI is InChI=1S/C33H44FN2O3P/c1-7-40(37,38)21-32(26-12-13-26)27-9-8-10-29(17-27)39-20-25-11-14-30(31-15-24(6)35-18-33(31)34)28(16-25)19-36(22(2)3)23(4)5/h8-11,14-18,22-23,26,32H,7,12-13,19-21H2,1-6H3,(H,37,38). The van der Waals surface area contributed by atoms with Crippen molar-refractivity contribution in [2.24, 2.45) is 5.92 Å². The van der Waals surface area contributed by atoms with Crippen LogP contribution < -0.4 is 4.74 Å². The van der Waals surface area contributed by atoms with Gasteiger partial charge >= 0.3 is 0 Å². The average Bonchev–Trinajstić information content (AvgIpc) is 3.76. The number of halogens is 1. The van der Waals surface area contributed by atoms with E-state index in [0.717, 1.165) is 46.5 Å². The van der Waals surface area contributed by atoms with Crippen LogP contribution >= 0.6 is 7.37 Å². The van der Waals surface area contributed by atoms with Gasteiger partial charge in [-0.25, -0.2) is 4.39 Å². The van der Waals surface area contributed by atoms with Crippen LogP contribution in [0.15, 0.2) is 54.7 Å². The Kier molecular flexibility index (Phi) is 9.87. The molecule has 7 heteroatoms. The molecule has 216 valence electrons. The summed E-state index contributed by atoms with van der Waals surface area (Å²) in [4.78, 5) is 16.9. The molecule has 1 N–H and O–H groups in total. The Morgan fingerprint density at radius 1 is 1.07 bits per heavy atom. The van der Waals surface area contributed by atoms with Crippen LogP contribution in [-0.2, 0) is 17.7 Å². The number of hydrogen-bond donors (Lipinski definition) is 1. The van der Waals surface area contributed by atoms with Crippen molar-refractivity contribution in [3.8, 4) is 16.9 Å². The highest BCUT2D eigenvalue weighted by Crippen LogP contribution is 2.52. The highest BCUT2D eigenvalue weighted by molar-refractivity contribution is 7.58. The minimum atomic E-state index is -3.13. The van der Waals surface area contributed by atoms with E-state index in [2.05, 4.69) is 49.7 Å². The van der Waals surface area contributed by atoms with Gasteiger partial charge in [0.2, 0.25) is 7.37 Å². The zero-order chi connectivity index (χ0) is 29.0. The minimum Gasteiger partial charge on any atom is -0.489 e. The molecule has 2 atom stereocenters. The van der Waals surface area contributed by atoms with Gasteiger partial charge in [-0.3, -0.25) is 14.4 Å². The number of rotatable bonds is 13. The summed E-state index contributed by atoms with van der Waals surface area (Å²) in [5, 5.41) is 0. The highest BCUT2D eigenvalue weighted by Gasteiger charge is 2.36. The maximum Gasteiger partial charge on any atom is 0.200 e. The molecule has 1 fully saturated rings. The van der Waals surface area contributed by atoms with Crippen molar-refractivity contribution in [1.29, 1.82) is 0 Å². The van der Waals surface area contributed by atoms with Gasteiger partial charge in [0.1, 0.15) is 18.2 Å². The van der Waals surface area contributed by atoms with E-state index in [1.807, 2.05) is 43.3 Å². The smallest absolute Gasteiger partial charge is 0.200 e. The van der Waals surface area contributed by atoms with E-state index < -0.39 is 7.37 Å². The van der Waals surface area contributed by atoms with Crippen LogP contribution in [0.2, 0.25) is 0 Å². The first-order chi connectivity index (χ1) is 19.0. The predicted octanol–water partition coefficient (Wildman–Crippen LogP) is 8.18. The fraction of sp³-hybridized carbons (Fsp3) is 0.485. The van der Waals surface area contributed by atoms with E-state index in [4.69, 9.17) is 4.74 Å². The van der Waals surface area contributed by atoms with Gasteiger partial charge in [-0.2, -0.15) is 0 Å². The summed E-state index contributed by atoms with van der Waals surface area (Å²) < 4.78 is 33.7. The summed E-state index contributed by atoms with van der Waals surface area (Å²) >= 11 is 0. The van der Waals surface area contributed by atoms with Crippen molar-refractivity contribution in [2.45, 2.75) is 85.5 Å². The molecule has 1 heterocycles. The first-order valence-corrected chi connectivity index (χ1v) is 16.5. The van der Waals surface area contributed by atoms with Crippen LogP contribution in [-0.4, -0.2) is 39.2 Å². The molecule has 0 radical (unpaired) electrons. The number of nitrogens with zero attached hydrogens (tertiary/aromatic N) is 2. The molecule has 0 aliphatic heterocycles. The van der Waals surface area contributed by atoms with Crippen LogP contribution in [0, 0.1) is 18.7 Å². The third-order valence-electron chi connectivity index (χ3n) is 7.99. The molecule has 1 saturated carbocycles. The molecule has 5 nitrogen and oxygen atoms in total. The number of benzene rings is 2. The Balaban J connectivity index is 1.59. The molecule has 1 aliphatic rings. The van der Waals surface area contributed by atoms with Crippen LogP contribution in [0.3, 0.4) is 0 Å². The van der Waals surface area contributed by atoms with E-state index in [-0.39, 0.29) is 11.7 Å². The average molecular weight is 567 g/mol. The third-order valence-corrected chi connectivity index (χ3v) is 9.94. The monoisotopic (exact) mass is 566 g/mol. The second-order valence-corrected chi connectivity index (χ2v) is 14.5. The number of aromatic nitrogens is 1. The Bertz CT molecular complexity index is 1350. The molecule has 3 aromatic rings. The van der Waals surface area contributed by atoms with E-state index in [9.17, 15) is 13.8 Å². The topological polar surface area (TPSA) is 62.7 Å². The van der Waals surface area contributed by atoms with Gasteiger partial charge in [-0.15, -0.1) is 0 Å². The maximum absolute atomic E-state index is 14.9. The van der Waals surface area contributed by atoms with Gasteiger partial charge in [0.25, 0.3) is 0 Å². The van der Waals surface area contributed by atoms with Gasteiger partial charge < -0.3 is 9.63 Å². The summed E-state index contributed by atoms with van der Waals surface area (Å²) in [5.41, 5.74) is 5.35. The fourth-order valence-corrected chi connectivity index (χ4v) is 6.88. The first-order valence-electron chi connectivity index (χ1n) is 14.5. The Morgan fingerprint density at radius 3 is 2.45 bits per heavy atom. The van der Waals surface area contributed by atoms with Crippen molar-refractivity contribution in [3.05, 3.63) is 82.9 Å². The zero-order valence-electron chi connectivity index (χ0n) is 24.7. The lowest BCUT2D eigenvalue weighted by Crippen LogP contribution is -2.36. The van der Waals surface area contributed by atoms with Gasteiger partial charge in [0.15, 0.2) is 0 Å². The zero-order valence-corrected chi connectivity index (χ0v) is 25.6. The molecule has 1 aromatic heterocycles. The fourth-order valence-electron chi connectivity index (χ4n) is 5.50. The Hall–Kier alpha value is -2.53. The van der Waals surface area contributed by atoms with Gasteiger partial charge in [-0.05, 0) is 99.7 Å². The second-order valence-electron chi connectivity index (χ2n) is 11.8. The summed E-state index contributed by atoms with van der Waals surface area (Å²) in [5.74, 6) is 0.982. The van der Waals surface area contributed by atoms with E-state index >= 15 is 0 Å². The second kappa shape index (κ2) is 13.0. The van der Waals surface area contributed by atoms with E-state index in [1.54, 1.807) is 6.92 Å². The number of ether oxygens (including phenoxy) is 1. The molecule has 0 bridgehead atoms. The maximum atomic E-state index is 14.9. The van der Waals surface area contributed by atoms with Crippen LogP contribution in [0.1, 0.15) is 75.8 Å².